The second-order valence-corrected chi connectivity index (χ2v) is 8.50. The minimum absolute atomic E-state index is 0.0246. The summed E-state index contributed by atoms with van der Waals surface area (Å²) in [7, 11) is 0. The van der Waals surface area contributed by atoms with E-state index >= 15 is 0 Å². The number of aromatic nitrogens is 3. The molecule has 2 aromatic carbocycles. The third-order valence-electron chi connectivity index (χ3n) is 5.55. The summed E-state index contributed by atoms with van der Waals surface area (Å²) in [6.07, 6.45) is 3.68. The number of aryl methyl sites for hydroxylation is 1. The monoisotopic (exact) mass is 429 g/mol. The average molecular weight is 430 g/mol. The lowest BCUT2D eigenvalue weighted by Gasteiger charge is -2.34. The van der Waals surface area contributed by atoms with Crippen LogP contribution in [0.15, 0.2) is 72.4 Å². The van der Waals surface area contributed by atoms with Gasteiger partial charge in [-0.1, -0.05) is 48.0 Å². The molecule has 0 saturated carbocycles. The first-order valence-electron chi connectivity index (χ1n) is 10.3. The van der Waals surface area contributed by atoms with Gasteiger partial charge in [-0.15, -0.1) is 11.3 Å². The van der Waals surface area contributed by atoms with Crippen LogP contribution in [-0.2, 0) is 0 Å². The first-order chi connectivity index (χ1) is 15.2. The second kappa shape index (κ2) is 8.35. The van der Waals surface area contributed by atoms with Gasteiger partial charge < -0.3 is 9.80 Å². The fourth-order valence-electron chi connectivity index (χ4n) is 3.81. The van der Waals surface area contributed by atoms with Gasteiger partial charge in [-0.3, -0.25) is 4.79 Å². The number of carbonyl (C=O) groups is 1. The molecule has 2 aromatic heterocycles. The van der Waals surface area contributed by atoms with Gasteiger partial charge in [-0.25, -0.2) is 9.67 Å². The fourth-order valence-corrected chi connectivity index (χ4v) is 4.51. The van der Waals surface area contributed by atoms with Crippen LogP contribution in [0, 0.1) is 6.92 Å². The predicted molar refractivity (Wildman–Crippen MR) is 124 cm³/mol. The van der Waals surface area contributed by atoms with E-state index in [1.807, 2.05) is 65.1 Å². The van der Waals surface area contributed by atoms with E-state index in [-0.39, 0.29) is 5.91 Å². The van der Waals surface area contributed by atoms with Crippen LogP contribution < -0.4 is 4.90 Å². The van der Waals surface area contributed by atoms with Gasteiger partial charge in [0.25, 0.3) is 5.91 Å². The van der Waals surface area contributed by atoms with Crippen molar-refractivity contribution in [2.75, 3.05) is 31.1 Å². The first-order valence-corrected chi connectivity index (χ1v) is 11.2. The van der Waals surface area contributed by atoms with E-state index in [1.165, 1.54) is 5.56 Å². The van der Waals surface area contributed by atoms with Gasteiger partial charge in [0.1, 0.15) is 5.69 Å². The van der Waals surface area contributed by atoms with Crippen LogP contribution >= 0.6 is 11.3 Å². The Labute approximate surface area is 185 Å². The van der Waals surface area contributed by atoms with Gasteiger partial charge in [0.2, 0.25) is 0 Å². The number of amides is 1. The molecule has 0 aliphatic carbocycles. The van der Waals surface area contributed by atoms with E-state index in [1.54, 1.807) is 16.0 Å². The number of benzene rings is 2. The molecule has 3 heterocycles. The lowest BCUT2D eigenvalue weighted by atomic mass is 10.1. The summed E-state index contributed by atoms with van der Waals surface area (Å²) in [5.41, 5.74) is 4.41. The van der Waals surface area contributed by atoms with E-state index in [9.17, 15) is 4.79 Å². The SMILES string of the molecule is Cc1ccc(-c2nn(-c3ccccc3)cc2C(=O)N2CCN(c3nccs3)CC2)cc1. The molecule has 0 radical (unpaired) electrons. The van der Waals surface area contributed by atoms with Crippen molar-refractivity contribution in [3.8, 4) is 16.9 Å². The standard InChI is InChI=1S/C24H23N5OS/c1-18-7-9-19(10-8-18)22-21(17-29(26-22)20-5-3-2-4-6-20)23(30)27-12-14-28(15-13-27)24-25-11-16-31-24/h2-11,16-17H,12-15H2,1H3. The Morgan fingerprint density at radius 2 is 1.71 bits per heavy atom. The number of anilines is 1. The van der Waals surface area contributed by atoms with E-state index in [4.69, 9.17) is 5.10 Å². The van der Waals surface area contributed by atoms with E-state index in [2.05, 4.69) is 28.9 Å². The van der Waals surface area contributed by atoms with Crippen molar-refractivity contribution in [3.63, 3.8) is 0 Å². The molecule has 1 aliphatic rings. The largest absolute Gasteiger partial charge is 0.345 e. The molecule has 4 aromatic rings. The van der Waals surface area contributed by atoms with E-state index < -0.39 is 0 Å². The molecule has 6 nitrogen and oxygen atoms in total. The number of hydrogen-bond donors (Lipinski definition) is 0. The van der Waals surface area contributed by atoms with Crippen LogP contribution in [-0.4, -0.2) is 51.8 Å². The summed E-state index contributed by atoms with van der Waals surface area (Å²) in [5.74, 6) is 0.0246. The maximum absolute atomic E-state index is 13.5. The smallest absolute Gasteiger partial charge is 0.257 e. The molecule has 0 atom stereocenters. The number of thiazole rings is 1. The number of piperazine rings is 1. The normalized spacial score (nSPS) is 14.1. The molecule has 31 heavy (non-hydrogen) atoms. The quantitative estimate of drug-likeness (QED) is 0.486. The summed E-state index contributed by atoms with van der Waals surface area (Å²) in [4.78, 5) is 22.1. The van der Waals surface area contributed by atoms with Crippen LogP contribution in [0.3, 0.4) is 0 Å². The molecule has 0 spiro atoms. The zero-order valence-corrected chi connectivity index (χ0v) is 18.1. The zero-order chi connectivity index (χ0) is 21.2. The minimum atomic E-state index is 0.0246. The molecule has 0 bridgehead atoms. The molecular weight excluding hydrogens is 406 g/mol. The van der Waals surface area contributed by atoms with Crippen molar-refractivity contribution in [2.45, 2.75) is 6.92 Å². The number of rotatable bonds is 4. The second-order valence-electron chi connectivity index (χ2n) is 7.63. The molecule has 1 saturated heterocycles. The highest BCUT2D eigenvalue weighted by molar-refractivity contribution is 7.13. The Hall–Kier alpha value is -3.45. The topological polar surface area (TPSA) is 54.3 Å². The molecular formula is C24H23N5OS. The van der Waals surface area contributed by atoms with Crippen molar-refractivity contribution >= 4 is 22.4 Å². The summed E-state index contributed by atoms with van der Waals surface area (Å²) in [6, 6.07) is 18.1. The molecule has 0 N–H and O–H groups in total. The Morgan fingerprint density at radius 3 is 2.39 bits per heavy atom. The maximum atomic E-state index is 13.5. The van der Waals surface area contributed by atoms with Crippen molar-refractivity contribution < 1.29 is 4.79 Å². The average Bonchev–Trinajstić information content (AvgIpc) is 3.51. The lowest BCUT2D eigenvalue weighted by molar-refractivity contribution is 0.0747. The van der Waals surface area contributed by atoms with Crippen LogP contribution in [0.5, 0.6) is 0 Å². The Bertz CT molecular complexity index is 1160. The third-order valence-corrected chi connectivity index (χ3v) is 6.38. The van der Waals surface area contributed by atoms with Crippen LogP contribution in [0.25, 0.3) is 16.9 Å². The highest BCUT2D eigenvalue weighted by Gasteiger charge is 2.27. The number of para-hydroxylation sites is 1. The Morgan fingerprint density at radius 1 is 0.968 bits per heavy atom. The van der Waals surface area contributed by atoms with Crippen molar-refractivity contribution in [1.82, 2.24) is 19.7 Å². The highest BCUT2D eigenvalue weighted by Crippen LogP contribution is 2.26. The van der Waals surface area contributed by atoms with E-state index in [0.29, 0.717) is 18.7 Å². The van der Waals surface area contributed by atoms with E-state index in [0.717, 1.165) is 35.2 Å². The molecule has 7 heteroatoms. The van der Waals surface area contributed by atoms with Gasteiger partial charge in [-0.05, 0) is 19.1 Å². The fraction of sp³-hybridized carbons (Fsp3) is 0.208. The van der Waals surface area contributed by atoms with Crippen LogP contribution in [0.2, 0.25) is 0 Å². The zero-order valence-electron chi connectivity index (χ0n) is 17.3. The van der Waals surface area contributed by atoms with Gasteiger partial charge in [0.15, 0.2) is 5.13 Å². The minimum Gasteiger partial charge on any atom is -0.345 e. The molecule has 5 rings (SSSR count). The molecule has 1 amide bonds. The van der Waals surface area contributed by atoms with Crippen LogP contribution in [0.4, 0.5) is 5.13 Å². The summed E-state index contributed by atoms with van der Waals surface area (Å²) in [6.45, 7) is 4.96. The number of hydrogen-bond acceptors (Lipinski definition) is 5. The van der Waals surface area contributed by atoms with Crippen molar-refractivity contribution in [2.24, 2.45) is 0 Å². The van der Waals surface area contributed by atoms with Crippen LogP contribution in [0.1, 0.15) is 15.9 Å². The third kappa shape index (κ3) is 3.96. The number of nitrogens with zero attached hydrogens (tertiary/aromatic N) is 5. The van der Waals surface area contributed by atoms with Gasteiger partial charge in [-0.2, -0.15) is 5.10 Å². The predicted octanol–water partition coefficient (Wildman–Crippen LogP) is 4.27. The lowest BCUT2D eigenvalue weighted by Crippen LogP contribution is -2.48. The van der Waals surface area contributed by atoms with Gasteiger partial charge >= 0.3 is 0 Å². The highest BCUT2D eigenvalue weighted by atomic mass is 32.1. The van der Waals surface area contributed by atoms with Gasteiger partial charge in [0, 0.05) is 49.5 Å². The molecule has 0 unspecified atom stereocenters. The number of carbonyl (C=O) groups excluding carboxylic acids is 1. The Kier molecular flexibility index (Phi) is 5.26. The van der Waals surface area contributed by atoms with Crippen molar-refractivity contribution in [1.29, 1.82) is 0 Å². The summed E-state index contributed by atoms with van der Waals surface area (Å²) in [5, 5.41) is 7.80. The Balaban J connectivity index is 1.45. The van der Waals surface area contributed by atoms with Crippen molar-refractivity contribution in [3.05, 3.63) is 83.5 Å². The van der Waals surface area contributed by atoms with Gasteiger partial charge in [0.05, 0.1) is 11.3 Å². The maximum Gasteiger partial charge on any atom is 0.257 e. The molecule has 1 fully saturated rings. The summed E-state index contributed by atoms with van der Waals surface area (Å²) >= 11 is 1.64. The summed E-state index contributed by atoms with van der Waals surface area (Å²) < 4.78 is 1.80. The molecule has 1 aliphatic heterocycles. The molecule has 156 valence electrons. The first kappa shape index (κ1) is 19.5.